The van der Waals surface area contributed by atoms with Gasteiger partial charge in [-0.3, -0.25) is 0 Å². The van der Waals surface area contributed by atoms with Gasteiger partial charge in [0.15, 0.2) is 0 Å². The zero-order valence-corrected chi connectivity index (χ0v) is 5.16. The van der Waals surface area contributed by atoms with E-state index in [1.807, 2.05) is 0 Å². The largest absolute Gasteiger partial charge is 0.411 e. The van der Waals surface area contributed by atoms with Gasteiger partial charge < -0.3 is 5.21 Å². The van der Waals surface area contributed by atoms with E-state index in [-0.39, 0.29) is 11.4 Å². The van der Waals surface area contributed by atoms with Gasteiger partial charge in [-0.2, -0.15) is 0 Å². The van der Waals surface area contributed by atoms with Crippen LogP contribution >= 0.6 is 0 Å². The number of rotatable bonds is 1. The third-order valence-corrected chi connectivity index (χ3v) is 1.10. The maximum Gasteiger partial charge on any atom is 0.132 e. The molecule has 1 rings (SSSR count). The van der Waals surface area contributed by atoms with Gasteiger partial charge in [0.1, 0.15) is 5.82 Å². The van der Waals surface area contributed by atoms with Crippen LogP contribution in [0.1, 0.15) is 5.56 Å². The number of benzene rings is 1. The Morgan fingerprint density at radius 2 is 2.10 bits per heavy atom. The molecule has 1 N–H and O–H groups in total. The minimum absolute atomic E-state index is 0.282. The zero-order chi connectivity index (χ0) is 7.40. The lowest BCUT2D eigenvalue weighted by atomic mass is 10.2. The van der Waals surface area contributed by atoms with Gasteiger partial charge in [0.2, 0.25) is 0 Å². The van der Waals surface area contributed by atoms with Crippen LogP contribution in [-0.4, -0.2) is 11.4 Å². The minimum atomic E-state index is -0.389. The van der Waals surface area contributed by atoms with Crippen LogP contribution in [0.4, 0.5) is 4.39 Å². The quantitative estimate of drug-likeness (QED) is 0.273. The molecule has 0 unspecified atom stereocenters. The Kier molecular flexibility index (Phi) is 1.99. The molecule has 0 aromatic heterocycles. The average molecular weight is 140 g/mol. The molecule has 0 aliphatic rings. The maximum atomic E-state index is 12.6. The Bertz CT molecular complexity index is 247. The Balaban J connectivity index is 3.03. The number of hydrogen-bond donors (Lipinski definition) is 1. The highest BCUT2D eigenvalue weighted by atomic mass is 19.1. The van der Waals surface area contributed by atoms with Crippen LogP contribution in [-0.2, 0) is 0 Å². The fourth-order valence-corrected chi connectivity index (χ4v) is 0.642. The predicted octanol–water partition coefficient (Wildman–Crippen LogP) is 1.63. The van der Waals surface area contributed by atoms with E-state index in [0.29, 0.717) is 0 Å². The molecule has 1 aromatic rings. The molecule has 0 radical (unpaired) electrons. The smallest absolute Gasteiger partial charge is 0.132 e. The second-order valence-electron chi connectivity index (χ2n) is 1.77. The molecule has 0 atom stereocenters. The van der Waals surface area contributed by atoms with E-state index >= 15 is 0 Å². The average Bonchev–Trinajstić information content (AvgIpc) is 1.94. The fourth-order valence-electron chi connectivity index (χ4n) is 0.642. The van der Waals surface area contributed by atoms with Gasteiger partial charge >= 0.3 is 0 Å². The number of nitrogens with zero attached hydrogens (tertiary/aromatic N) is 1. The van der Waals surface area contributed by atoms with Gasteiger partial charge in [-0.1, -0.05) is 23.4 Å². The standard InChI is InChI=1S/C7H6FNO/c8-7-4-2-1-3-6(7)5-9-10/h1-5,10H/b9-5+/i9+1. The first-order valence-corrected chi connectivity index (χ1v) is 2.76. The van der Waals surface area contributed by atoms with Gasteiger partial charge in [0.05, 0.1) is 6.21 Å². The molecule has 52 valence electrons. The minimum Gasteiger partial charge on any atom is -0.411 e. The van der Waals surface area contributed by atoms with Crippen LogP contribution in [0, 0.1) is 5.82 Å². The molecular formula is C7H6FNO. The first-order valence-electron chi connectivity index (χ1n) is 2.76. The molecule has 0 bridgehead atoms. The van der Waals surface area contributed by atoms with E-state index in [9.17, 15) is 4.39 Å². The Morgan fingerprint density at radius 1 is 1.40 bits per heavy atom. The molecule has 0 heterocycles. The molecule has 0 saturated heterocycles. The van der Waals surface area contributed by atoms with Crippen molar-refractivity contribution in [3.8, 4) is 0 Å². The SMILES string of the molecule is O/[15N]=C/c1ccccc1F. The van der Waals surface area contributed by atoms with Crippen molar-refractivity contribution in [3.63, 3.8) is 0 Å². The van der Waals surface area contributed by atoms with Crippen molar-refractivity contribution in [2.75, 3.05) is 0 Å². The summed E-state index contributed by atoms with van der Waals surface area (Å²) in [6.45, 7) is 0. The summed E-state index contributed by atoms with van der Waals surface area (Å²) < 4.78 is 12.6. The lowest BCUT2D eigenvalue weighted by molar-refractivity contribution is 0.321. The van der Waals surface area contributed by atoms with Crippen molar-refractivity contribution in [1.29, 1.82) is 0 Å². The van der Waals surface area contributed by atoms with Crippen molar-refractivity contribution < 1.29 is 9.60 Å². The van der Waals surface area contributed by atoms with E-state index in [4.69, 9.17) is 5.21 Å². The number of hydrogen-bond acceptors (Lipinski definition) is 2. The van der Waals surface area contributed by atoms with Crippen LogP contribution < -0.4 is 0 Å². The molecular weight excluding hydrogens is 134 g/mol. The molecule has 3 heteroatoms. The van der Waals surface area contributed by atoms with E-state index in [2.05, 4.69) is 5.16 Å². The van der Waals surface area contributed by atoms with Gasteiger partial charge in [-0.25, -0.2) is 4.39 Å². The van der Waals surface area contributed by atoms with E-state index < -0.39 is 0 Å². The molecule has 0 fully saturated rings. The zero-order valence-electron chi connectivity index (χ0n) is 5.16. The van der Waals surface area contributed by atoms with Crippen molar-refractivity contribution in [3.05, 3.63) is 35.6 Å². The van der Waals surface area contributed by atoms with Gasteiger partial charge in [0, 0.05) is 5.56 Å². The summed E-state index contributed by atoms with van der Waals surface area (Å²) >= 11 is 0. The first kappa shape index (κ1) is 6.74. The summed E-state index contributed by atoms with van der Waals surface area (Å²) in [4.78, 5) is 0. The van der Waals surface area contributed by atoms with E-state index in [1.54, 1.807) is 12.1 Å². The Labute approximate surface area is 57.6 Å². The summed E-state index contributed by atoms with van der Waals surface area (Å²) in [6, 6.07) is 6.07. The molecule has 0 amide bonds. The second-order valence-corrected chi connectivity index (χ2v) is 1.77. The summed E-state index contributed by atoms with van der Waals surface area (Å²) in [5.74, 6) is -0.389. The molecule has 1 aromatic carbocycles. The van der Waals surface area contributed by atoms with Crippen LogP contribution in [0.2, 0.25) is 0 Å². The lowest BCUT2D eigenvalue weighted by Gasteiger charge is -1.90. The topological polar surface area (TPSA) is 32.6 Å². The molecule has 0 aliphatic carbocycles. The monoisotopic (exact) mass is 140 g/mol. The summed E-state index contributed by atoms with van der Waals surface area (Å²) in [7, 11) is 0. The maximum absolute atomic E-state index is 12.6. The van der Waals surface area contributed by atoms with E-state index in [0.717, 1.165) is 6.21 Å². The normalized spacial score (nSPS) is 10.5. The Hall–Kier alpha value is -1.38. The van der Waals surface area contributed by atoms with Crippen molar-refractivity contribution in [2.45, 2.75) is 0 Å². The van der Waals surface area contributed by atoms with Gasteiger partial charge in [-0.05, 0) is 6.07 Å². The third kappa shape index (κ3) is 1.31. The van der Waals surface area contributed by atoms with Crippen LogP contribution in [0.3, 0.4) is 0 Å². The van der Waals surface area contributed by atoms with Crippen LogP contribution in [0.25, 0.3) is 0 Å². The highest BCUT2D eigenvalue weighted by Gasteiger charge is 1.94. The number of oxime groups is 1. The summed E-state index contributed by atoms with van der Waals surface area (Å²) in [6.07, 6.45) is 1.05. The Morgan fingerprint density at radius 3 is 2.70 bits per heavy atom. The van der Waals surface area contributed by atoms with Crippen molar-refractivity contribution in [2.24, 2.45) is 5.16 Å². The molecule has 0 aliphatic heterocycles. The lowest BCUT2D eigenvalue weighted by Crippen LogP contribution is -1.85. The number of halogens is 1. The third-order valence-electron chi connectivity index (χ3n) is 1.10. The van der Waals surface area contributed by atoms with E-state index in [1.165, 1.54) is 12.1 Å². The van der Waals surface area contributed by atoms with Crippen LogP contribution in [0.5, 0.6) is 0 Å². The second kappa shape index (κ2) is 2.96. The molecule has 0 saturated carbocycles. The van der Waals surface area contributed by atoms with Crippen LogP contribution in [0.15, 0.2) is 29.4 Å². The predicted molar refractivity (Wildman–Crippen MR) is 35.8 cm³/mol. The van der Waals surface area contributed by atoms with Gasteiger partial charge in [0.25, 0.3) is 0 Å². The summed E-state index contributed by atoms with van der Waals surface area (Å²) in [5.41, 5.74) is 0.282. The molecule has 0 spiro atoms. The highest BCUT2D eigenvalue weighted by molar-refractivity contribution is 5.79. The fraction of sp³-hybridized carbons (Fsp3) is 0. The summed E-state index contributed by atoms with van der Waals surface area (Å²) in [5, 5.41) is 10.7. The highest BCUT2D eigenvalue weighted by Crippen LogP contribution is 2.02. The van der Waals surface area contributed by atoms with Crippen molar-refractivity contribution in [1.82, 2.24) is 0 Å². The first-order chi connectivity index (χ1) is 4.84. The van der Waals surface area contributed by atoms with Crippen molar-refractivity contribution >= 4 is 6.21 Å². The van der Waals surface area contributed by atoms with Gasteiger partial charge in [-0.15, -0.1) is 0 Å². The molecule has 10 heavy (non-hydrogen) atoms. The molecule has 2 nitrogen and oxygen atoms in total.